The van der Waals surface area contributed by atoms with Gasteiger partial charge < -0.3 is 0 Å². The van der Waals surface area contributed by atoms with Crippen LogP contribution in [-0.4, -0.2) is 22.6 Å². The van der Waals surface area contributed by atoms with Crippen LogP contribution < -0.4 is 4.90 Å². The molecule has 4 nitrogen and oxygen atoms in total. The number of benzene rings is 2. The molecule has 1 aromatic heterocycles. The summed E-state index contributed by atoms with van der Waals surface area (Å²) >= 11 is 7.18. The summed E-state index contributed by atoms with van der Waals surface area (Å²) in [4.78, 5) is 14.6. The highest BCUT2D eigenvalue weighted by Gasteiger charge is 2.25. The second-order valence-electron chi connectivity index (χ2n) is 7.03. The molecule has 0 bridgehead atoms. The molecule has 0 unspecified atom stereocenters. The molecule has 1 heterocycles. The summed E-state index contributed by atoms with van der Waals surface area (Å²) in [5, 5.41) is 9.60. The lowest BCUT2D eigenvalue weighted by molar-refractivity contribution is 0.0982. The van der Waals surface area contributed by atoms with Gasteiger partial charge in [-0.3, -0.25) is 9.69 Å². The minimum Gasteiger partial charge on any atom is -0.282 e. The molecular formula is C23H23ClFN3OS. The highest BCUT2D eigenvalue weighted by molar-refractivity contribution is 7.18. The molecule has 0 aliphatic carbocycles. The monoisotopic (exact) mass is 443 g/mol. The molecule has 0 saturated carbocycles. The number of aromatic nitrogens is 2. The number of aryl methyl sites for hydroxylation is 2. The number of amides is 1. The number of anilines is 1. The van der Waals surface area contributed by atoms with Crippen molar-refractivity contribution < 1.29 is 9.18 Å². The Morgan fingerprint density at radius 3 is 2.60 bits per heavy atom. The zero-order valence-electron chi connectivity index (χ0n) is 17.2. The number of nitrogens with zero attached hydrogens (tertiary/aromatic N) is 3. The minimum absolute atomic E-state index is 0.0719. The van der Waals surface area contributed by atoms with Crippen molar-refractivity contribution in [1.82, 2.24) is 10.2 Å². The van der Waals surface area contributed by atoms with Crippen LogP contribution in [0.5, 0.6) is 0 Å². The smallest absolute Gasteiger partial charge is 0.263 e. The van der Waals surface area contributed by atoms with E-state index in [1.54, 1.807) is 6.07 Å². The Hall–Kier alpha value is -2.57. The van der Waals surface area contributed by atoms with Gasteiger partial charge in [-0.05, 0) is 61.2 Å². The Balaban J connectivity index is 1.99. The second kappa shape index (κ2) is 9.49. The zero-order valence-corrected chi connectivity index (χ0v) is 18.8. The highest BCUT2D eigenvalue weighted by Crippen LogP contribution is 2.33. The first kappa shape index (κ1) is 22.1. The Kier molecular flexibility index (Phi) is 7.00. The molecule has 156 valence electrons. The first-order valence-corrected chi connectivity index (χ1v) is 10.9. The minimum atomic E-state index is -0.721. The number of hydrogen-bond donors (Lipinski definition) is 0. The van der Waals surface area contributed by atoms with Gasteiger partial charge in [0.25, 0.3) is 5.91 Å². The third-order valence-electron chi connectivity index (χ3n) is 4.85. The molecule has 0 radical (unpaired) electrons. The number of rotatable bonds is 7. The number of hydrogen-bond acceptors (Lipinski definition) is 4. The van der Waals surface area contributed by atoms with Gasteiger partial charge in [0.05, 0.1) is 10.6 Å². The van der Waals surface area contributed by atoms with E-state index in [2.05, 4.69) is 16.8 Å². The van der Waals surface area contributed by atoms with E-state index in [4.69, 9.17) is 11.6 Å². The largest absolute Gasteiger partial charge is 0.282 e. The molecule has 0 spiro atoms. The maximum absolute atomic E-state index is 14.5. The fraction of sp³-hybridized carbons (Fsp3) is 0.261. The van der Waals surface area contributed by atoms with Crippen LogP contribution in [0, 0.1) is 19.7 Å². The fourth-order valence-electron chi connectivity index (χ4n) is 3.28. The van der Waals surface area contributed by atoms with E-state index in [9.17, 15) is 9.18 Å². The van der Waals surface area contributed by atoms with E-state index < -0.39 is 11.7 Å². The van der Waals surface area contributed by atoms with Crippen molar-refractivity contribution in [3.8, 4) is 10.6 Å². The van der Waals surface area contributed by atoms with Crippen molar-refractivity contribution in [1.29, 1.82) is 0 Å². The molecule has 0 fully saturated rings. The predicted octanol–water partition coefficient (Wildman–Crippen LogP) is 6.70. The summed E-state index contributed by atoms with van der Waals surface area (Å²) in [5.41, 5.74) is 4.14. The van der Waals surface area contributed by atoms with E-state index >= 15 is 0 Å². The normalized spacial score (nSPS) is 10.8. The molecule has 1 amide bonds. The Morgan fingerprint density at radius 2 is 1.97 bits per heavy atom. The van der Waals surface area contributed by atoms with Gasteiger partial charge in [0.1, 0.15) is 5.01 Å². The maximum atomic E-state index is 14.5. The summed E-state index contributed by atoms with van der Waals surface area (Å²) in [6.07, 6.45) is 3.48. The van der Waals surface area contributed by atoms with Gasteiger partial charge in [0, 0.05) is 12.1 Å². The van der Waals surface area contributed by atoms with Crippen molar-refractivity contribution in [2.45, 2.75) is 33.6 Å². The summed E-state index contributed by atoms with van der Waals surface area (Å²) in [6.45, 7) is 10.4. The summed E-state index contributed by atoms with van der Waals surface area (Å²) < 4.78 is 14.5. The predicted molar refractivity (Wildman–Crippen MR) is 123 cm³/mol. The summed E-state index contributed by atoms with van der Waals surface area (Å²) in [5.74, 6) is -1.19. The Morgan fingerprint density at radius 1 is 1.27 bits per heavy atom. The fourth-order valence-corrected chi connectivity index (χ4v) is 4.31. The van der Waals surface area contributed by atoms with Gasteiger partial charge in [-0.25, -0.2) is 4.39 Å². The number of carbonyl (C=O) groups excluding carboxylic acids is 1. The molecule has 3 aromatic rings. The molecule has 0 N–H and O–H groups in total. The molecule has 3 rings (SSSR count). The van der Waals surface area contributed by atoms with Gasteiger partial charge in [0.2, 0.25) is 5.13 Å². The van der Waals surface area contributed by atoms with E-state index in [0.717, 1.165) is 35.1 Å². The Bertz CT molecular complexity index is 1070. The molecule has 0 aliphatic heterocycles. The van der Waals surface area contributed by atoms with E-state index in [1.165, 1.54) is 28.4 Å². The molecule has 2 aromatic carbocycles. The first-order valence-electron chi connectivity index (χ1n) is 9.70. The molecular weight excluding hydrogens is 421 g/mol. The lowest BCUT2D eigenvalue weighted by atomic mass is 10.00. The van der Waals surface area contributed by atoms with Crippen LogP contribution in [0.4, 0.5) is 9.52 Å². The number of carbonyl (C=O) groups is 1. The average molecular weight is 444 g/mol. The standard InChI is InChI=1S/C23H23ClFN3OS/c1-5-7-11-28(22(29)18-9-8-10-19(24)20(18)25)23-27-26-21(30-23)16-12-14(3)17(6-2)15(4)13-16/h6,8-10,12-13H,2,5,7,11H2,1,3-4H3. The lowest BCUT2D eigenvalue weighted by Crippen LogP contribution is -2.32. The van der Waals surface area contributed by atoms with Crippen LogP contribution in [0.3, 0.4) is 0 Å². The molecule has 30 heavy (non-hydrogen) atoms. The van der Waals surface area contributed by atoms with E-state index in [0.29, 0.717) is 16.7 Å². The third-order valence-corrected chi connectivity index (χ3v) is 6.14. The van der Waals surface area contributed by atoms with Crippen LogP contribution in [0.2, 0.25) is 5.02 Å². The summed E-state index contributed by atoms with van der Waals surface area (Å²) in [7, 11) is 0. The van der Waals surface area contributed by atoms with Gasteiger partial charge in [-0.2, -0.15) is 0 Å². The molecule has 7 heteroatoms. The summed E-state index contributed by atoms with van der Waals surface area (Å²) in [6, 6.07) is 8.48. The van der Waals surface area contributed by atoms with Crippen LogP contribution in [0.15, 0.2) is 36.9 Å². The van der Waals surface area contributed by atoms with Crippen molar-refractivity contribution >= 4 is 40.1 Å². The van der Waals surface area contributed by atoms with Crippen LogP contribution in [0.25, 0.3) is 16.6 Å². The second-order valence-corrected chi connectivity index (χ2v) is 8.39. The quantitative estimate of drug-likeness (QED) is 0.408. The molecule has 0 atom stereocenters. The number of unbranched alkanes of at least 4 members (excludes halogenated alkanes) is 1. The zero-order chi connectivity index (χ0) is 21.8. The van der Waals surface area contributed by atoms with Gasteiger partial charge in [-0.15, -0.1) is 10.2 Å². The third kappa shape index (κ3) is 4.45. The van der Waals surface area contributed by atoms with E-state index in [1.807, 2.05) is 39.0 Å². The van der Waals surface area contributed by atoms with E-state index in [-0.39, 0.29) is 10.6 Å². The van der Waals surface area contributed by atoms with Crippen LogP contribution in [-0.2, 0) is 0 Å². The van der Waals surface area contributed by atoms with Crippen molar-refractivity contribution in [2.24, 2.45) is 0 Å². The average Bonchev–Trinajstić information content (AvgIpc) is 3.20. The number of halogens is 2. The molecule has 0 saturated heterocycles. The topological polar surface area (TPSA) is 46.1 Å². The van der Waals surface area contributed by atoms with Gasteiger partial charge in [-0.1, -0.05) is 55.0 Å². The molecule has 0 aliphatic rings. The lowest BCUT2D eigenvalue weighted by Gasteiger charge is -2.19. The maximum Gasteiger partial charge on any atom is 0.263 e. The highest BCUT2D eigenvalue weighted by atomic mass is 35.5. The van der Waals surface area contributed by atoms with Gasteiger partial charge >= 0.3 is 0 Å². The van der Waals surface area contributed by atoms with Crippen molar-refractivity contribution in [2.75, 3.05) is 11.4 Å². The van der Waals surface area contributed by atoms with Crippen LogP contribution in [0.1, 0.15) is 46.8 Å². The SMILES string of the molecule is C=Cc1c(C)cc(-c2nnc(N(CCCC)C(=O)c3cccc(Cl)c3F)s2)cc1C. The Labute approximate surface area is 185 Å². The van der Waals surface area contributed by atoms with Crippen molar-refractivity contribution in [3.63, 3.8) is 0 Å². The van der Waals surface area contributed by atoms with Gasteiger partial charge in [0.15, 0.2) is 5.82 Å². The van der Waals surface area contributed by atoms with Crippen molar-refractivity contribution in [3.05, 3.63) is 70.0 Å². The first-order chi connectivity index (χ1) is 14.4. The van der Waals surface area contributed by atoms with Crippen LogP contribution >= 0.6 is 22.9 Å².